The quantitative estimate of drug-likeness (QED) is 0.503. The van der Waals surface area contributed by atoms with Gasteiger partial charge in [0.1, 0.15) is 12.2 Å². The first-order chi connectivity index (χ1) is 13.8. The Bertz CT molecular complexity index is 913. The fourth-order valence-corrected chi connectivity index (χ4v) is 2.24. The zero-order valence-corrected chi connectivity index (χ0v) is 16.7. The van der Waals surface area contributed by atoms with Crippen LogP contribution < -0.4 is 10.6 Å². The topological polar surface area (TPSA) is 114 Å². The van der Waals surface area contributed by atoms with E-state index in [0.717, 1.165) is 0 Å². The average Bonchev–Trinajstić information content (AvgIpc) is 2.70. The summed E-state index contributed by atoms with van der Waals surface area (Å²) in [6.45, 7) is 2.66. The monoisotopic (exact) mass is 417 g/mol. The number of nitrogens with zero attached hydrogens (tertiary/aromatic N) is 1. The zero-order valence-electron chi connectivity index (χ0n) is 15.9. The molecule has 0 aliphatic carbocycles. The molecule has 1 aromatic carbocycles. The van der Waals surface area contributed by atoms with E-state index in [0.29, 0.717) is 16.3 Å². The number of ether oxygens (including phenoxy) is 1. The summed E-state index contributed by atoms with van der Waals surface area (Å²) in [5, 5.41) is 5.39. The van der Waals surface area contributed by atoms with Gasteiger partial charge in [0.15, 0.2) is 12.4 Å². The van der Waals surface area contributed by atoms with Crippen LogP contribution in [0.1, 0.15) is 34.7 Å². The molecule has 1 heterocycles. The minimum atomic E-state index is -0.769. The van der Waals surface area contributed by atoms with Gasteiger partial charge in [-0.3, -0.25) is 24.2 Å². The molecule has 8 nitrogen and oxygen atoms in total. The SMILES string of the molecule is CC(C)C(=O)Nc1ccc(C(=O)COC(=O)CNC(=O)c2cc(Cl)ccn2)cc1. The van der Waals surface area contributed by atoms with Gasteiger partial charge in [0.25, 0.3) is 5.91 Å². The second-order valence-electron chi connectivity index (χ2n) is 6.35. The Kier molecular flexibility index (Phi) is 7.85. The highest BCUT2D eigenvalue weighted by atomic mass is 35.5. The van der Waals surface area contributed by atoms with Crippen molar-refractivity contribution in [3.05, 3.63) is 58.9 Å². The van der Waals surface area contributed by atoms with Crippen LogP contribution in [-0.2, 0) is 14.3 Å². The highest BCUT2D eigenvalue weighted by Crippen LogP contribution is 2.12. The van der Waals surface area contributed by atoms with Crippen molar-refractivity contribution in [3.8, 4) is 0 Å². The van der Waals surface area contributed by atoms with Crippen molar-refractivity contribution in [1.29, 1.82) is 0 Å². The van der Waals surface area contributed by atoms with Crippen molar-refractivity contribution < 1.29 is 23.9 Å². The maximum atomic E-state index is 12.1. The Hall–Kier alpha value is -3.26. The van der Waals surface area contributed by atoms with Crippen LogP contribution in [0.4, 0.5) is 5.69 Å². The molecule has 0 atom stereocenters. The summed E-state index contributed by atoms with van der Waals surface area (Å²) in [5.74, 6) is -2.06. The summed E-state index contributed by atoms with van der Waals surface area (Å²) < 4.78 is 4.88. The Balaban J connectivity index is 1.78. The second-order valence-corrected chi connectivity index (χ2v) is 6.78. The first kappa shape index (κ1) is 22.0. The van der Waals surface area contributed by atoms with Gasteiger partial charge in [-0.05, 0) is 36.4 Å². The first-order valence-corrected chi connectivity index (χ1v) is 9.13. The van der Waals surface area contributed by atoms with Gasteiger partial charge < -0.3 is 15.4 Å². The smallest absolute Gasteiger partial charge is 0.325 e. The maximum Gasteiger partial charge on any atom is 0.325 e. The molecule has 0 aliphatic heterocycles. The molecule has 2 amide bonds. The number of hydrogen-bond acceptors (Lipinski definition) is 6. The molecule has 1 aromatic heterocycles. The predicted octanol–water partition coefficient (Wildman–Crippen LogP) is 2.49. The predicted molar refractivity (Wildman–Crippen MR) is 107 cm³/mol. The van der Waals surface area contributed by atoms with E-state index in [4.69, 9.17) is 16.3 Å². The highest BCUT2D eigenvalue weighted by molar-refractivity contribution is 6.30. The van der Waals surface area contributed by atoms with E-state index in [-0.39, 0.29) is 17.5 Å². The molecule has 0 aliphatic rings. The molecule has 0 saturated carbocycles. The number of hydrogen-bond donors (Lipinski definition) is 2. The lowest BCUT2D eigenvalue weighted by Crippen LogP contribution is -2.32. The lowest BCUT2D eigenvalue weighted by molar-refractivity contribution is -0.141. The summed E-state index contributed by atoms with van der Waals surface area (Å²) in [4.78, 5) is 51.2. The maximum absolute atomic E-state index is 12.1. The number of nitrogens with one attached hydrogen (secondary N) is 2. The van der Waals surface area contributed by atoms with E-state index in [1.807, 2.05) is 0 Å². The Labute approximate surface area is 172 Å². The van der Waals surface area contributed by atoms with E-state index >= 15 is 0 Å². The Morgan fingerprint density at radius 2 is 1.79 bits per heavy atom. The third-order valence-electron chi connectivity index (χ3n) is 3.71. The number of ketones is 1. The summed E-state index contributed by atoms with van der Waals surface area (Å²) in [6.07, 6.45) is 1.37. The highest BCUT2D eigenvalue weighted by Gasteiger charge is 2.13. The van der Waals surface area contributed by atoms with E-state index in [9.17, 15) is 19.2 Å². The lowest BCUT2D eigenvalue weighted by atomic mass is 10.1. The summed E-state index contributed by atoms with van der Waals surface area (Å²) in [7, 11) is 0. The first-order valence-electron chi connectivity index (χ1n) is 8.75. The summed E-state index contributed by atoms with van der Waals surface area (Å²) >= 11 is 5.77. The molecule has 0 unspecified atom stereocenters. The molecule has 0 radical (unpaired) electrons. The van der Waals surface area contributed by atoms with Crippen LogP contribution in [0.2, 0.25) is 5.02 Å². The van der Waals surface area contributed by atoms with Crippen LogP contribution in [-0.4, -0.2) is 41.7 Å². The van der Waals surface area contributed by atoms with Gasteiger partial charge in [-0.1, -0.05) is 25.4 Å². The number of Topliss-reactive ketones (excluding diaryl/α,β-unsaturated/α-hetero) is 1. The van der Waals surface area contributed by atoms with E-state index < -0.39 is 30.8 Å². The van der Waals surface area contributed by atoms with Crippen molar-refractivity contribution in [2.75, 3.05) is 18.5 Å². The van der Waals surface area contributed by atoms with Crippen LogP contribution in [0.5, 0.6) is 0 Å². The molecule has 2 aromatic rings. The van der Waals surface area contributed by atoms with Crippen molar-refractivity contribution in [1.82, 2.24) is 10.3 Å². The number of carbonyl (C=O) groups excluding carboxylic acids is 4. The fourth-order valence-electron chi connectivity index (χ4n) is 2.08. The average molecular weight is 418 g/mol. The molecule has 0 spiro atoms. The third-order valence-corrected chi connectivity index (χ3v) is 3.95. The van der Waals surface area contributed by atoms with Gasteiger partial charge in [-0.2, -0.15) is 0 Å². The van der Waals surface area contributed by atoms with Gasteiger partial charge in [-0.15, -0.1) is 0 Å². The number of rotatable bonds is 8. The minimum absolute atomic E-state index is 0.0611. The van der Waals surface area contributed by atoms with Gasteiger partial charge in [0, 0.05) is 28.4 Å². The molecule has 0 fully saturated rings. The van der Waals surface area contributed by atoms with Crippen molar-refractivity contribution in [2.24, 2.45) is 5.92 Å². The Morgan fingerprint density at radius 3 is 2.41 bits per heavy atom. The number of aromatic nitrogens is 1. The molecule has 152 valence electrons. The summed E-state index contributed by atoms with van der Waals surface area (Å²) in [5.41, 5.74) is 0.952. The Morgan fingerprint density at radius 1 is 1.10 bits per heavy atom. The molecular formula is C20H20ClN3O5. The van der Waals surface area contributed by atoms with Crippen LogP contribution >= 0.6 is 11.6 Å². The normalized spacial score (nSPS) is 10.3. The third kappa shape index (κ3) is 7.00. The van der Waals surface area contributed by atoms with E-state index in [2.05, 4.69) is 15.6 Å². The molecule has 0 saturated heterocycles. The number of amides is 2. The number of benzene rings is 1. The van der Waals surface area contributed by atoms with Crippen molar-refractivity contribution in [3.63, 3.8) is 0 Å². The number of halogens is 1. The van der Waals surface area contributed by atoms with Crippen LogP contribution in [0, 0.1) is 5.92 Å². The molecule has 2 rings (SSSR count). The second kappa shape index (κ2) is 10.3. The van der Waals surface area contributed by atoms with Crippen LogP contribution in [0.3, 0.4) is 0 Å². The van der Waals surface area contributed by atoms with Gasteiger partial charge in [0.05, 0.1) is 0 Å². The van der Waals surface area contributed by atoms with Crippen LogP contribution in [0.25, 0.3) is 0 Å². The fraction of sp³-hybridized carbons (Fsp3) is 0.250. The zero-order chi connectivity index (χ0) is 21.4. The van der Waals surface area contributed by atoms with Crippen molar-refractivity contribution in [2.45, 2.75) is 13.8 Å². The molecular weight excluding hydrogens is 398 g/mol. The summed E-state index contributed by atoms with van der Waals surface area (Å²) in [6, 6.07) is 9.11. The molecule has 2 N–H and O–H groups in total. The minimum Gasteiger partial charge on any atom is -0.456 e. The van der Waals surface area contributed by atoms with Crippen LogP contribution in [0.15, 0.2) is 42.6 Å². The largest absolute Gasteiger partial charge is 0.456 e. The van der Waals surface area contributed by atoms with Gasteiger partial charge >= 0.3 is 5.97 Å². The molecule has 9 heteroatoms. The molecule has 0 bridgehead atoms. The number of carbonyl (C=O) groups is 4. The van der Waals surface area contributed by atoms with E-state index in [1.54, 1.807) is 26.0 Å². The lowest BCUT2D eigenvalue weighted by Gasteiger charge is -2.09. The van der Waals surface area contributed by atoms with E-state index in [1.165, 1.54) is 30.5 Å². The van der Waals surface area contributed by atoms with Crippen molar-refractivity contribution >= 4 is 40.9 Å². The van der Waals surface area contributed by atoms with Gasteiger partial charge in [0.2, 0.25) is 5.91 Å². The molecule has 29 heavy (non-hydrogen) atoms. The number of esters is 1. The van der Waals surface area contributed by atoms with Gasteiger partial charge in [-0.25, -0.2) is 0 Å². The number of anilines is 1. The number of pyridine rings is 1. The standard InChI is InChI=1S/C20H20ClN3O5/c1-12(2)19(27)24-15-5-3-13(4-6-15)17(25)11-29-18(26)10-23-20(28)16-9-14(21)7-8-22-16/h3-9,12H,10-11H2,1-2H3,(H,23,28)(H,24,27).